The Hall–Kier alpha value is -4.99. The minimum atomic E-state index is -1.15. The summed E-state index contributed by atoms with van der Waals surface area (Å²) >= 11 is 0. The number of aromatic nitrogens is 1. The Morgan fingerprint density at radius 2 is 1.59 bits per heavy atom. The molecule has 4 aromatic rings. The van der Waals surface area contributed by atoms with E-state index in [9.17, 15) is 23.9 Å². The minimum absolute atomic E-state index is 0.133. The van der Waals surface area contributed by atoms with Gasteiger partial charge in [-0.25, -0.2) is 9.18 Å². The molecule has 9 nitrogen and oxygen atoms in total. The summed E-state index contributed by atoms with van der Waals surface area (Å²) in [4.78, 5) is 43.0. The van der Waals surface area contributed by atoms with Gasteiger partial charge in [-0.3, -0.25) is 14.6 Å². The first-order valence-electron chi connectivity index (χ1n) is 13.3. The third-order valence-corrected chi connectivity index (χ3v) is 7.72. The maximum Gasteiger partial charge on any atom is 0.407 e. The van der Waals surface area contributed by atoms with Gasteiger partial charge in [-0.1, -0.05) is 6.07 Å². The molecular weight excluding hydrogens is 527 g/mol. The average molecular weight is 555 g/mol. The van der Waals surface area contributed by atoms with Gasteiger partial charge in [-0.05, 0) is 91.6 Å². The van der Waals surface area contributed by atoms with E-state index in [-0.39, 0.29) is 5.92 Å². The van der Waals surface area contributed by atoms with E-state index >= 15 is 0 Å². The van der Waals surface area contributed by atoms with Crippen LogP contribution < -0.4 is 15.4 Å². The number of hydrogen-bond acceptors (Lipinski definition) is 5. The van der Waals surface area contributed by atoms with Crippen LogP contribution in [0.3, 0.4) is 0 Å². The number of rotatable bonds is 7. The third kappa shape index (κ3) is 5.41. The van der Waals surface area contributed by atoms with Crippen molar-refractivity contribution in [1.82, 2.24) is 9.88 Å². The van der Waals surface area contributed by atoms with Crippen LogP contribution in [0.1, 0.15) is 30.7 Å². The molecule has 6 rings (SSSR count). The zero-order valence-corrected chi connectivity index (χ0v) is 22.0. The molecule has 1 atom stereocenters. The molecule has 41 heavy (non-hydrogen) atoms. The monoisotopic (exact) mass is 554 g/mol. The molecule has 1 aliphatic heterocycles. The van der Waals surface area contributed by atoms with Crippen LogP contribution in [0.4, 0.5) is 20.6 Å². The van der Waals surface area contributed by atoms with Crippen molar-refractivity contribution < 1.29 is 28.6 Å². The highest BCUT2D eigenvalue weighted by atomic mass is 19.1. The number of likely N-dealkylation sites (tertiary alicyclic amines) is 1. The van der Waals surface area contributed by atoms with Crippen molar-refractivity contribution in [3.8, 4) is 11.5 Å². The zero-order valence-electron chi connectivity index (χ0n) is 22.0. The summed E-state index contributed by atoms with van der Waals surface area (Å²) in [6.07, 6.45) is 2.41. The van der Waals surface area contributed by atoms with Gasteiger partial charge < -0.3 is 25.4 Å². The molecule has 1 saturated heterocycles. The van der Waals surface area contributed by atoms with E-state index in [1.165, 1.54) is 29.2 Å². The van der Waals surface area contributed by atoms with E-state index in [0.29, 0.717) is 48.8 Å². The number of anilines is 2. The molecule has 2 heterocycles. The lowest BCUT2D eigenvalue weighted by Crippen LogP contribution is -2.35. The van der Waals surface area contributed by atoms with E-state index < -0.39 is 29.1 Å². The molecule has 208 valence electrons. The Morgan fingerprint density at radius 1 is 0.927 bits per heavy atom. The van der Waals surface area contributed by atoms with Gasteiger partial charge in [0.25, 0.3) is 0 Å². The highest BCUT2D eigenvalue weighted by Crippen LogP contribution is 2.47. The first kappa shape index (κ1) is 26.2. The van der Waals surface area contributed by atoms with Crippen LogP contribution >= 0.6 is 0 Å². The van der Waals surface area contributed by atoms with Crippen LogP contribution in [0, 0.1) is 11.2 Å². The summed E-state index contributed by atoms with van der Waals surface area (Å²) in [5, 5.41) is 15.6. The van der Waals surface area contributed by atoms with Crippen LogP contribution in [0.2, 0.25) is 0 Å². The smallest absolute Gasteiger partial charge is 0.407 e. The van der Waals surface area contributed by atoms with Crippen molar-refractivity contribution in [1.29, 1.82) is 0 Å². The van der Waals surface area contributed by atoms with Gasteiger partial charge >= 0.3 is 6.09 Å². The van der Waals surface area contributed by atoms with Gasteiger partial charge in [0.2, 0.25) is 11.8 Å². The fourth-order valence-electron chi connectivity index (χ4n) is 5.14. The molecule has 2 fully saturated rings. The van der Waals surface area contributed by atoms with E-state index in [1.807, 2.05) is 18.2 Å². The third-order valence-electron chi connectivity index (χ3n) is 7.72. The Kier molecular flexibility index (Phi) is 6.74. The van der Waals surface area contributed by atoms with Crippen LogP contribution in [0.25, 0.3) is 10.9 Å². The zero-order chi connectivity index (χ0) is 28.6. The molecular formula is C31H27FN4O5. The molecule has 1 unspecified atom stereocenters. The molecule has 3 N–H and O–H groups in total. The van der Waals surface area contributed by atoms with Crippen molar-refractivity contribution in [3.63, 3.8) is 0 Å². The summed E-state index contributed by atoms with van der Waals surface area (Å²) < 4.78 is 19.3. The Bertz CT molecular complexity index is 1640. The second kappa shape index (κ2) is 10.5. The maximum atomic E-state index is 13.2. The number of fused-ring (bicyclic) bond motifs is 1. The molecule has 0 radical (unpaired) electrons. The largest absolute Gasteiger partial charge is 0.465 e. The van der Waals surface area contributed by atoms with Crippen molar-refractivity contribution in [2.24, 2.45) is 5.41 Å². The standard InChI is InChI=1S/C31H27FN4O5/c32-21-2-4-22(5-3-21)34-28(37)31(13-14-31)29(38)35-23-6-8-24(9-7-23)41-27-11-15-33-26-17-19(1-10-25(26)27)20-12-16-36(18-20)30(39)40/h1-11,15,17,20H,12-14,16,18H2,(H,34,37)(H,35,38)(H,39,40). The molecule has 3 amide bonds. The fourth-order valence-corrected chi connectivity index (χ4v) is 5.14. The summed E-state index contributed by atoms with van der Waals surface area (Å²) in [6.45, 7) is 0.995. The first-order chi connectivity index (χ1) is 19.8. The van der Waals surface area contributed by atoms with E-state index in [1.54, 1.807) is 36.5 Å². The Balaban J connectivity index is 1.10. The van der Waals surface area contributed by atoms with Gasteiger partial charge in [0.15, 0.2) is 0 Å². The molecule has 1 aromatic heterocycles. The van der Waals surface area contributed by atoms with Crippen LogP contribution in [0.15, 0.2) is 79.0 Å². The van der Waals surface area contributed by atoms with Crippen LogP contribution in [-0.4, -0.2) is 46.0 Å². The van der Waals surface area contributed by atoms with E-state index in [0.717, 1.165) is 22.9 Å². The highest BCUT2D eigenvalue weighted by molar-refractivity contribution is 6.16. The number of carbonyl (C=O) groups excluding carboxylic acids is 2. The SMILES string of the molecule is O=C(O)N1CCC(c2ccc3c(Oc4ccc(NC(=O)C5(C(=O)Nc6ccc(F)cc6)CC5)cc4)ccnc3c2)C1. The van der Waals surface area contributed by atoms with Crippen molar-refractivity contribution in [2.75, 3.05) is 23.7 Å². The van der Waals surface area contributed by atoms with Gasteiger partial charge in [-0.15, -0.1) is 0 Å². The van der Waals surface area contributed by atoms with Crippen molar-refractivity contribution in [2.45, 2.75) is 25.2 Å². The van der Waals surface area contributed by atoms with Gasteiger partial charge in [0.1, 0.15) is 22.7 Å². The number of carboxylic acid groups (broad SMARTS) is 1. The number of amides is 3. The molecule has 1 aliphatic carbocycles. The Labute approximate surface area is 235 Å². The number of ether oxygens (including phenoxy) is 1. The maximum absolute atomic E-state index is 13.2. The second-order valence-corrected chi connectivity index (χ2v) is 10.4. The predicted octanol–water partition coefficient (Wildman–Crippen LogP) is 5.99. The predicted molar refractivity (Wildman–Crippen MR) is 151 cm³/mol. The summed E-state index contributed by atoms with van der Waals surface area (Å²) in [5.74, 6) is 0.0925. The van der Waals surface area contributed by atoms with Gasteiger partial charge in [0.05, 0.1) is 5.52 Å². The second-order valence-electron chi connectivity index (χ2n) is 10.4. The highest BCUT2D eigenvalue weighted by Gasteiger charge is 2.56. The van der Waals surface area contributed by atoms with E-state index in [2.05, 4.69) is 15.6 Å². The molecule has 0 bridgehead atoms. The summed E-state index contributed by atoms with van der Waals surface area (Å²) in [6, 6.07) is 20.0. The average Bonchev–Trinajstić information content (AvgIpc) is 3.64. The number of carbonyl (C=O) groups is 3. The molecule has 10 heteroatoms. The number of nitrogens with one attached hydrogen (secondary N) is 2. The quantitative estimate of drug-likeness (QED) is 0.241. The van der Waals surface area contributed by atoms with Gasteiger partial charge in [0, 0.05) is 42.0 Å². The number of pyridine rings is 1. The van der Waals surface area contributed by atoms with Crippen LogP contribution in [0.5, 0.6) is 11.5 Å². The first-order valence-corrected chi connectivity index (χ1v) is 13.3. The van der Waals surface area contributed by atoms with Crippen LogP contribution in [-0.2, 0) is 9.59 Å². The summed E-state index contributed by atoms with van der Waals surface area (Å²) in [5.41, 5.74) is 1.61. The molecule has 2 aliphatic rings. The normalized spacial score (nSPS) is 17.2. The molecule has 3 aromatic carbocycles. The lowest BCUT2D eigenvalue weighted by molar-refractivity contribution is -0.131. The number of nitrogens with zero attached hydrogens (tertiary/aromatic N) is 2. The lowest BCUT2D eigenvalue weighted by Gasteiger charge is -2.16. The molecule has 1 saturated carbocycles. The lowest BCUT2D eigenvalue weighted by atomic mass is 9.97. The van der Waals surface area contributed by atoms with E-state index in [4.69, 9.17) is 4.74 Å². The van der Waals surface area contributed by atoms with Crippen molar-refractivity contribution in [3.05, 3.63) is 90.4 Å². The number of benzene rings is 3. The van der Waals surface area contributed by atoms with Crippen molar-refractivity contribution >= 4 is 40.2 Å². The summed E-state index contributed by atoms with van der Waals surface area (Å²) in [7, 11) is 0. The number of halogens is 1. The number of hydrogen-bond donors (Lipinski definition) is 3. The molecule has 0 spiro atoms. The van der Waals surface area contributed by atoms with Gasteiger partial charge in [-0.2, -0.15) is 0 Å². The Morgan fingerprint density at radius 3 is 2.20 bits per heavy atom. The minimum Gasteiger partial charge on any atom is -0.465 e. The topological polar surface area (TPSA) is 121 Å². The fraction of sp³-hybridized carbons (Fsp3) is 0.226.